The zero-order chi connectivity index (χ0) is 23.7. The van der Waals surface area contributed by atoms with Gasteiger partial charge in [0.05, 0.1) is 5.75 Å². The Morgan fingerprint density at radius 1 is 1.06 bits per heavy atom. The van der Waals surface area contributed by atoms with Gasteiger partial charge in [-0.3, -0.25) is 9.59 Å². The van der Waals surface area contributed by atoms with E-state index in [0.717, 1.165) is 23.1 Å². The van der Waals surface area contributed by atoms with Crippen molar-refractivity contribution < 1.29 is 9.59 Å². The number of benzene rings is 2. The molecule has 2 amide bonds. The molecule has 0 aliphatic heterocycles. The van der Waals surface area contributed by atoms with Gasteiger partial charge < -0.3 is 10.2 Å². The van der Waals surface area contributed by atoms with Gasteiger partial charge in [-0.1, -0.05) is 72.9 Å². The Bertz CT molecular complexity index is 902. The Hall–Kier alpha value is -1.69. The first-order chi connectivity index (χ1) is 15.3. The first-order valence-electron chi connectivity index (χ1n) is 10.9. The van der Waals surface area contributed by atoms with Gasteiger partial charge in [-0.15, -0.1) is 11.8 Å². The van der Waals surface area contributed by atoms with Gasteiger partial charge in [0, 0.05) is 28.4 Å². The lowest BCUT2D eigenvalue weighted by Gasteiger charge is -2.31. The van der Waals surface area contributed by atoms with Gasteiger partial charge in [-0.2, -0.15) is 0 Å². The lowest BCUT2D eigenvalue weighted by atomic mass is 10.1. The number of rotatable bonds is 11. The molecule has 1 N–H and O–H groups in total. The van der Waals surface area contributed by atoms with Crippen LogP contribution < -0.4 is 5.32 Å². The third-order valence-electron chi connectivity index (χ3n) is 5.36. The van der Waals surface area contributed by atoms with E-state index < -0.39 is 6.04 Å². The fourth-order valence-corrected chi connectivity index (χ4v) is 5.01. The number of nitrogens with zero attached hydrogens (tertiary/aromatic N) is 1. The van der Waals surface area contributed by atoms with E-state index >= 15 is 0 Å². The highest BCUT2D eigenvalue weighted by Crippen LogP contribution is 2.28. The van der Waals surface area contributed by atoms with Gasteiger partial charge in [0.2, 0.25) is 11.8 Å². The summed E-state index contributed by atoms with van der Waals surface area (Å²) >= 11 is 14.0. The smallest absolute Gasteiger partial charge is 0.243 e. The third kappa shape index (κ3) is 7.72. The Labute approximate surface area is 206 Å². The van der Waals surface area contributed by atoms with Crippen LogP contribution in [0.1, 0.15) is 50.3 Å². The molecule has 0 radical (unpaired) electrons. The lowest BCUT2D eigenvalue weighted by Crippen LogP contribution is -2.51. The number of thioether (sulfide) groups is 1. The van der Waals surface area contributed by atoms with E-state index in [0.29, 0.717) is 28.8 Å². The molecule has 174 valence electrons. The van der Waals surface area contributed by atoms with Crippen molar-refractivity contribution in [3.8, 4) is 0 Å². The maximum atomic E-state index is 13.3. The van der Waals surface area contributed by atoms with E-state index in [1.54, 1.807) is 23.1 Å². The first-order valence-corrected chi connectivity index (χ1v) is 12.8. The van der Waals surface area contributed by atoms with E-state index in [9.17, 15) is 9.59 Å². The fourth-order valence-electron chi connectivity index (χ4n) is 3.36. The number of halogens is 2. The van der Waals surface area contributed by atoms with Gasteiger partial charge in [-0.25, -0.2) is 0 Å². The Balaban J connectivity index is 2.18. The summed E-state index contributed by atoms with van der Waals surface area (Å²) in [5.74, 6) is 0.576. The number of amides is 2. The van der Waals surface area contributed by atoms with Crippen LogP contribution in [0.5, 0.6) is 0 Å². The van der Waals surface area contributed by atoms with Crippen molar-refractivity contribution >= 4 is 46.8 Å². The molecule has 0 fully saturated rings. The number of hydrogen-bond donors (Lipinski definition) is 1. The van der Waals surface area contributed by atoms with Crippen molar-refractivity contribution in [2.24, 2.45) is 0 Å². The number of aryl methyl sites for hydroxylation is 1. The Morgan fingerprint density at radius 2 is 1.72 bits per heavy atom. The van der Waals surface area contributed by atoms with Gasteiger partial charge in [0.1, 0.15) is 6.04 Å². The summed E-state index contributed by atoms with van der Waals surface area (Å²) in [7, 11) is 0. The highest BCUT2D eigenvalue weighted by molar-refractivity contribution is 7.99. The number of carbonyl (C=O) groups excluding carboxylic acids is 2. The predicted molar refractivity (Wildman–Crippen MR) is 136 cm³/mol. The lowest BCUT2D eigenvalue weighted by molar-refractivity contribution is -0.139. The van der Waals surface area contributed by atoms with Crippen molar-refractivity contribution in [3.05, 3.63) is 69.2 Å². The Kier molecular flexibility index (Phi) is 10.9. The van der Waals surface area contributed by atoms with Crippen LogP contribution in [0.25, 0.3) is 0 Å². The monoisotopic (exact) mass is 494 g/mol. The number of nitrogens with one attached hydrogen (secondary N) is 1. The molecule has 2 atom stereocenters. The average Bonchev–Trinajstić information content (AvgIpc) is 2.75. The summed E-state index contributed by atoms with van der Waals surface area (Å²) in [6.07, 6.45) is 1.38. The molecule has 0 aromatic heterocycles. The minimum atomic E-state index is -0.526. The quantitative estimate of drug-likeness (QED) is 0.401. The molecule has 7 heteroatoms. The molecular weight excluding hydrogens is 463 g/mol. The molecule has 0 spiro atoms. The van der Waals surface area contributed by atoms with Crippen LogP contribution in [0.15, 0.2) is 42.5 Å². The van der Waals surface area contributed by atoms with E-state index in [2.05, 4.69) is 11.4 Å². The van der Waals surface area contributed by atoms with Crippen molar-refractivity contribution in [2.45, 2.75) is 64.9 Å². The standard InChI is InChI=1S/C25H32Cl2N2O2S/c1-5-18(4)28-25(31)23(6-2)29(14-19-10-7-9-17(3)13-19)24(30)16-32-15-20-21(26)11-8-12-22(20)27/h7-13,18,23H,5-6,14-16H2,1-4H3,(H,28,31). The van der Waals surface area contributed by atoms with Crippen LogP contribution in [-0.2, 0) is 21.9 Å². The number of carbonyl (C=O) groups is 2. The molecule has 32 heavy (non-hydrogen) atoms. The largest absolute Gasteiger partial charge is 0.352 e. The molecule has 0 aliphatic carbocycles. The molecule has 0 bridgehead atoms. The van der Waals surface area contributed by atoms with Gasteiger partial charge >= 0.3 is 0 Å². The minimum Gasteiger partial charge on any atom is -0.352 e. The minimum absolute atomic E-state index is 0.0595. The SMILES string of the molecule is CCC(C)NC(=O)C(CC)N(Cc1cccc(C)c1)C(=O)CSCc1c(Cl)cccc1Cl. The molecule has 2 aromatic carbocycles. The van der Waals surface area contributed by atoms with Crippen molar-refractivity contribution in [1.82, 2.24) is 10.2 Å². The zero-order valence-electron chi connectivity index (χ0n) is 19.2. The van der Waals surface area contributed by atoms with Crippen LogP contribution in [0.2, 0.25) is 10.0 Å². The van der Waals surface area contributed by atoms with Crippen molar-refractivity contribution in [1.29, 1.82) is 0 Å². The van der Waals surface area contributed by atoms with Crippen molar-refractivity contribution in [3.63, 3.8) is 0 Å². The second-order valence-electron chi connectivity index (χ2n) is 7.95. The van der Waals surface area contributed by atoms with E-state index in [1.165, 1.54) is 11.8 Å². The topological polar surface area (TPSA) is 49.4 Å². The molecule has 0 aliphatic rings. The molecule has 0 saturated carbocycles. The maximum Gasteiger partial charge on any atom is 0.243 e. The average molecular weight is 496 g/mol. The summed E-state index contributed by atoms with van der Waals surface area (Å²) in [5.41, 5.74) is 2.95. The van der Waals surface area contributed by atoms with E-state index in [-0.39, 0.29) is 23.6 Å². The summed E-state index contributed by atoms with van der Waals surface area (Å²) in [6, 6.07) is 13.0. The highest BCUT2D eigenvalue weighted by Gasteiger charge is 2.29. The molecule has 2 aromatic rings. The van der Waals surface area contributed by atoms with Crippen LogP contribution in [0.4, 0.5) is 0 Å². The number of hydrogen-bond acceptors (Lipinski definition) is 3. The maximum absolute atomic E-state index is 13.3. The van der Waals surface area contributed by atoms with E-state index in [4.69, 9.17) is 23.2 Å². The summed E-state index contributed by atoms with van der Waals surface area (Å²) in [5, 5.41) is 4.22. The predicted octanol–water partition coefficient (Wildman–Crippen LogP) is 6.26. The molecule has 0 heterocycles. The summed E-state index contributed by atoms with van der Waals surface area (Å²) in [6.45, 7) is 8.35. The van der Waals surface area contributed by atoms with E-state index in [1.807, 2.05) is 45.9 Å². The first kappa shape index (κ1) is 26.6. The summed E-state index contributed by atoms with van der Waals surface area (Å²) in [4.78, 5) is 28.0. The molecular formula is C25H32Cl2N2O2S. The molecule has 4 nitrogen and oxygen atoms in total. The molecule has 2 unspecified atom stereocenters. The zero-order valence-corrected chi connectivity index (χ0v) is 21.5. The van der Waals surface area contributed by atoms with Gasteiger partial charge in [0.25, 0.3) is 0 Å². The molecule has 0 saturated heterocycles. The van der Waals surface area contributed by atoms with Crippen LogP contribution in [0.3, 0.4) is 0 Å². The third-order valence-corrected chi connectivity index (χ3v) is 7.01. The van der Waals surface area contributed by atoms with Crippen LogP contribution in [-0.4, -0.2) is 34.6 Å². The highest BCUT2D eigenvalue weighted by atomic mass is 35.5. The normalized spacial score (nSPS) is 12.8. The second-order valence-corrected chi connectivity index (χ2v) is 9.75. The van der Waals surface area contributed by atoms with Gasteiger partial charge in [-0.05, 0) is 49.9 Å². The van der Waals surface area contributed by atoms with Crippen LogP contribution in [0, 0.1) is 6.92 Å². The van der Waals surface area contributed by atoms with Gasteiger partial charge in [0.15, 0.2) is 0 Å². The molecule has 2 rings (SSSR count). The Morgan fingerprint density at radius 3 is 2.31 bits per heavy atom. The second kappa shape index (κ2) is 13.1. The summed E-state index contributed by atoms with van der Waals surface area (Å²) < 4.78 is 0. The fraction of sp³-hybridized carbons (Fsp3) is 0.440. The van der Waals surface area contributed by atoms with Crippen LogP contribution >= 0.6 is 35.0 Å². The van der Waals surface area contributed by atoms with Crippen molar-refractivity contribution in [2.75, 3.05) is 5.75 Å².